The minimum Gasteiger partial charge on any atom is -0.497 e. The van der Waals surface area contributed by atoms with Crippen molar-refractivity contribution in [2.45, 2.75) is 31.3 Å². The Labute approximate surface area is 287 Å². The Bertz CT molecular complexity index is 1800. The van der Waals surface area contributed by atoms with E-state index in [1.165, 1.54) is 16.9 Å². The molecule has 0 saturated heterocycles. The molecule has 12 heteroatoms. The van der Waals surface area contributed by atoms with E-state index in [9.17, 15) is 22.8 Å². The first-order valence-electron chi connectivity index (χ1n) is 15.6. The van der Waals surface area contributed by atoms with Gasteiger partial charge in [0, 0.05) is 31.4 Å². The highest BCUT2D eigenvalue weighted by Gasteiger charge is 2.34. The van der Waals surface area contributed by atoms with Crippen LogP contribution in [0.15, 0.2) is 109 Å². The Morgan fingerprint density at radius 2 is 1.16 bits per heavy atom. The maximum atomic E-state index is 13.9. The van der Waals surface area contributed by atoms with Gasteiger partial charge in [-0.1, -0.05) is 67.6 Å². The molecule has 3 atom stereocenters. The molecule has 2 N–H and O–H groups in total. The summed E-state index contributed by atoms with van der Waals surface area (Å²) in [7, 11) is 1.82. The van der Waals surface area contributed by atoms with Crippen LogP contribution < -0.4 is 29.3 Å². The average Bonchev–Trinajstić information content (AvgIpc) is 3.12. The largest absolute Gasteiger partial charge is 0.497 e. The van der Waals surface area contributed by atoms with Gasteiger partial charge in [-0.05, 0) is 66.1 Å². The number of ether oxygens (including phenoxy) is 2. The van der Waals surface area contributed by atoms with Crippen molar-refractivity contribution in [1.29, 1.82) is 0 Å². The van der Waals surface area contributed by atoms with Crippen LogP contribution in [0.5, 0.6) is 11.5 Å². The molecule has 0 bridgehead atoms. The zero-order chi connectivity index (χ0) is 35.6. The standard InChI is InChI=1S/C37H42N4O7S/c1-26(28-14-10-7-11-15-28)35(37(44)41(3)30-18-22-32(48-5)23-19-30)38-34(42)25-49(45,46)39-33(24-27-12-8-6-9-13-27)36(43)40(2)29-16-20-31(47-4)21-17-29/h6-23,26,33,35,39H,24-25H2,1-5H3,(H,38,42)/t26-,33+,35+/m1/s1. The third kappa shape index (κ3) is 9.91. The fourth-order valence-electron chi connectivity index (χ4n) is 5.33. The number of amides is 3. The summed E-state index contributed by atoms with van der Waals surface area (Å²) in [5.74, 6) is -2.17. The van der Waals surface area contributed by atoms with Crippen LogP contribution in [0.25, 0.3) is 0 Å². The molecular weight excluding hydrogens is 644 g/mol. The van der Waals surface area contributed by atoms with Gasteiger partial charge in [0.15, 0.2) is 0 Å². The third-order valence-electron chi connectivity index (χ3n) is 8.21. The molecule has 0 unspecified atom stereocenters. The predicted molar refractivity (Wildman–Crippen MR) is 190 cm³/mol. The van der Waals surface area contributed by atoms with Crippen LogP contribution in [0.4, 0.5) is 11.4 Å². The molecule has 0 fully saturated rings. The molecule has 49 heavy (non-hydrogen) atoms. The van der Waals surface area contributed by atoms with E-state index in [0.717, 1.165) is 11.1 Å². The van der Waals surface area contributed by atoms with Crippen molar-refractivity contribution in [3.63, 3.8) is 0 Å². The van der Waals surface area contributed by atoms with Gasteiger partial charge in [0.1, 0.15) is 29.3 Å². The van der Waals surface area contributed by atoms with Gasteiger partial charge in [-0.25, -0.2) is 13.1 Å². The van der Waals surface area contributed by atoms with Crippen molar-refractivity contribution >= 4 is 39.1 Å². The summed E-state index contributed by atoms with van der Waals surface area (Å²) in [4.78, 5) is 43.8. The zero-order valence-corrected chi connectivity index (χ0v) is 29.0. The molecule has 0 aliphatic rings. The number of sulfonamides is 1. The fraction of sp³-hybridized carbons (Fsp3) is 0.270. The summed E-state index contributed by atoms with van der Waals surface area (Å²) in [6, 6.07) is 29.4. The molecule has 3 amide bonds. The smallest absolute Gasteiger partial charge is 0.249 e. The number of nitrogens with zero attached hydrogens (tertiary/aromatic N) is 2. The zero-order valence-electron chi connectivity index (χ0n) is 28.2. The summed E-state index contributed by atoms with van der Waals surface area (Å²) in [5.41, 5.74) is 2.58. The predicted octanol–water partition coefficient (Wildman–Crippen LogP) is 4.15. The highest BCUT2D eigenvalue weighted by Crippen LogP contribution is 2.25. The molecule has 0 aliphatic heterocycles. The monoisotopic (exact) mass is 686 g/mol. The number of methoxy groups -OCH3 is 2. The van der Waals surface area contributed by atoms with Gasteiger partial charge in [0.2, 0.25) is 27.7 Å². The first-order chi connectivity index (χ1) is 23.4. The van der Waals surface area contributed by atoms with Crippen molar-refractivity contribution in [3.8, 4) is 11.5 Å². The average molecular weight is 687 g/mol. The highest BCUT2D eigenvalue weighted by atomic mass is 32.2. The van der Waals surface area contributed by atoms with Crippen LogP contribution in [-0.2, 0) is 30.8 Å². The summed E-state index contributed by atoms with van der Waals surface area (Å²) in [6.07, 6.45) is 0.0415. The van der Waals surface area contributed by atoms with Crippen molar-refractivity contribution in [3.05, 3.63) is 120 Å². The second-order valence-corrected chi connectivity index (χ2v) is 13.3. The van der Waals surface area contributed by atoms with Crippen molar-refractivity contribution in [2.24, 2.45) is 0 Å². The molecule has 4 rings (SSSR count). The van der Waals surface area contributed by atoms with Crippen LogP contribution in [-0.4, -0.2) is 72.3 Å². The SMILES string of the molecule is COc1ccc(N(C)C(=O)[C@H](Cc2ccccc2)NS(=O)(=O)CC(=O)N[C@H](C(=O)N(C)c2ccc(OC)cc2)[C@H](C)c2ccccc2)cc1. The number of rotatable bonds is 15. The number of likely N-dealkylation sites (N-methyl/N-ethyl adjacent to an activating group) is 2. The lowest BCUT2D eigenvalue weighted by Gasteiger charge is -2.29. The topological polar surface area (TPSA) is 134 Å². The molecule has 4 aromatic carbocycles. The number of carbonyl (C=O) groups is 3. The molecular formula is C37H42N4O7S. The van der Waals surface area contributed by atoms with Crippen LogP contribution in [0.2, 0.25) is 0 Å². The van der Waals surface area contributed by atoms with Crippen molar-refractivity contribution in [1.82, 2.24) is 10.0 Å². The van der Waals surface area contributed by atoms with Gasteiger partial charge < -0.3 is 24.6 Å². The first-order valence-corrected chi connectivity index (χ1v) is 17.3. The van der Waals surface area contributed by atoms with E-state index >= 15 is 0 Å². The van der Waals surface area contributed by atoms with Gasteiger partial charge in [0.25, 0.3) is 0 Å². The van der Waals surface area contributed by atoms with E-state index in [1.807, 2.05) is 36.4 Å². The van der Waals surface area contributed by atoms with Gasteiger partial charge in [-0.3, -0.25) is 14.4 Å². The Balaban J connectivity index is 1.55. The Morgan fingerprint density at radius 1 is 0.694 bits per heavy atom. The highest BCUT2D eigenvalue weighted by molar-refractivity contribution is 7.90. The normalized spacial score (nSPS) is 13.0. The lowest BCUT2D eigenvalue weighted by atomic mass is 9.92. The van der Waals surface area contributed by atoms with Gasteiger partial charge in [0.05, 0.1) is 14.2 Å². The van der Waals surface area contributed by atoms with E-state index in [0.29, 0.717) is 22.9 Å². The van der Waals surface area contributed by atoms with Gasteiger partial charge in [-0.2, -0.15) is 0 Å². The number of benzene rings is 4. The number of hydrogen-bond donors (Lipinski definition) is 2. The molecule has 0 aromatic heterocycles. The number of hydrogen-bond acceptors (Lipinski definition) is 7. The number of anilines is 2. The van der Waals surface area contributed by atoms with Crippen LogP contribution >= 0.6 is 0 Å². The van der Waals surface area contributed by atoms with E-state index in [-0.39, 0.29) is 6.42 Å². The van der Waals surface area contributed by atoms with Gasteiger partial charge in [-0.15, -0.1) is 0 Å². The molecule has 0 spiro atoms. The third-order valence-corrected chi connectivity index (χ3v) is 9.50. The quantitative estimate of drug-likeness (QED) is 0.192. The minimum atomic E-state index is -4.38. The molecule has 0 heterocycles. The van der Waals surface area contributed by atoms with E-state index in [4.69, 9.17) is 9.47 Å². The number of carbonyl (C=O) groups excluding carboxylic acids is 3. The molecule has 11 nitrogen and oxygen atoms in total. The second kappa shape index (κ2) is 16.8. The summed E-state index contributed by atoms with van der Waals surface area (Å²) < 4.78 is 39.9. The Kier molecular flexibility index (Phi) is 12.5. The molecule has 4 aromatic rings. The van der Waals surface area contributed by atoms with E-state index in [2.05, 4.69) is 10.0 Å². The fourth-order valence-corrected chi connectivity index (χ4v) is 6.46. The van der Waals surface area contributed by atoms with E-state index < -0.39 is 51.5 Å². The Morgan fingerprint density at radius 3 is 1.65 bits per heavy atom. The first kappa shape index (κ1) is 36.6. The van der Waals surface area contributed by atoms with Crippen LogP contribution in [0.1, 0.15) is 24.0 Å². The molecule has 0 aliphatic carbocycles. The van der Waals surface area contributed by atoms with Crippen LogP contribution in [0.3, 0.4) is 0 Å². The Hall–Kier alpha value is -5.20. The van der Waals surface area contributed by atoms with E-state index in [1.54, 1.807) is 101 Å². The van der Waals surface area contributed by atoms with Crippen molar-refractivity contribution < 1.29 is 32.3 Å². The maximum Gasteiger partial charge on any atom is 0.249 e. The second-order valence-electron chi connectivity index (χ2n) is 11.6. The summed E-state index contributed by atoms with van der Waals surface area (Å²) in [6.45, 7) is 1.79. The molecule has 0 saturated carbocycles. The van der Waals surface area contributed by atoms with Crippen LogP contribution in [0, 0.1) is 0 Å². The maximum absolute atomic E-state index is 13.9. The summed E-state index contributed by atoms with van der Waals surface area (Å²) >= 11 is 0. The number of nitrogens with one attached hydrogen (secondary N) is 2. The van der Waals surface area contributed by atoms with Crippen molar-refractivity contribution in [2.75, 3.05) is 43.9 Å². The summed E-state index contributed by atoms with van der Waals surface area (Å²) in [5, 5.41) is 2.67. The lowest BCUT2D eigenvalue weighted by molar-refractivity contribution is -0.126. The lowest BCUT2D eigenvalue weighted by Crippen LogP contribution is -2.53. The van der Waals surface area contributed by atoms with Gasteiger partial charge >= 0.3 is 0 Å². The molecule has 0 radical (unpaired) electrons. The minimum absolute atomic E-state index is 0.0415. The molecule has 258 valence electrons.